The molecule has 0 amide bonds. The second-order valence-electron chi connectivity index (χ2n) is 2.42. The van der Waals surface area contributed by atoms with Gasteiger partial charge in [0.1, 0.15) is 0 Å². The molecule has 0 spiro atoms. The van der Waals surface area contributed by atoms with Crippen molar-refractivity contribution in [3.05, 3.63) is 12.7 Å². The van der Waals surface area contributed by atoms with Gasteiger partial charge in [-0.2, -0.15) is 5.10 Å². The molecule has 0 aliphatic heterocycles. The highest BCUT2D eigenvalue weighted by atomic mass is 15.1. The fourth-order valence-electron chi connectivity index (χ4n) is 0.607. The number of allylic oxidation sites excluding steroid dienone is 1. The van der Waals surface area contributed by atoms with Gasteiger partial charge in [-0.1, -0.05) is 20.4 Å². The minimum absolute atomic E-state index is 0.602. The summed E-state index contributed by atoms with van der Waals surface area (Å²) in [5, 5.41) is 3.55. The monoisotopic (exact) mass is 126 g/mol. The summed E-state index contributed by atoms with van der Waals surface area (Å²) in [5.74, 6) is 5.65. The molecule has 0 aromatic heterocycles. The van der Waals surface area contributed by atoms with Gasteiger partial charge in [0.2, 0.25) is 0 Å². The van der Waals surface area contributed by atoms with Crippen LogP contribution in [-0.4, -0.2) is 5.71 Å². The van der Waals surface area contributed by atoms with Gasteiger partial charge in [-0.15, -0.1) is 0 Å². The van der Waals surface area contributed by atoms with Crippen molar-refractivity contribution in [3.63, 3.8) is 0 Å². The van der Waals surface area contributed by atoms with E-state index in [0.29, 0.717) is 5.92 Å². The van der Waals surface area contributed by atoms with Crippen molar-refractivity contribution in [1.82, 2.24) is 0 Å². The van der Waals surface area contributed by atoms with E-state index in [0.717, 1.165) is 12.1 Å². The minimum Gasteiger partial charge on any atom is -0.323 e. The van der Waals surface area contributed by atoms with Gasteiger partial charge in [0.25, 0.3) is 0 Å². The largest absolute Gasteiger partial charge is 0.323 e. The van der Waals surface area contributed by atoms with Crippen molar-refractivity contribution in [1.29, 1.82) is 0 Å². The van der Waals surface area contributed by atoms with Gasteiger partial charge in [-0.25, -0.2) is 0 Å². The zero-order valence-electron chi connectivity index (χ0n) is 6.09. The number of nitrogens with two attached hydrogens (primary N) is 1. The lowest BCUT2D eigenvalue weighted by molar-refractivity contribution is 0.684. The predicted octanol–water partition coefficient (Wildman–Crippen LogP) is 1.53. The summed E-state index contributed by atoms with van der Waals surface area (Å²) in [4.78, 5) is 0. The second-order valence-corrected chi connectivity index (χ2v) is 2.42. The Bertz CT molecular complexity index is 114. The molecule has 0 aliphatic rings. The van der Waals surface area contributed by atoms with Gasteiger partial charge in [-0.05, 0) is 18.4 Å². The maximum atomic E-state index is 5.05. The number of hydrogen-bond donors (Lipinski definition) is 1. The van der Waals surface area contributed by atoms with Crippen LogP contribution in [0.5, 0.6) is 0 Å². The van der Waals surface area contributed by atoms with E-state index in [2.05, 4.69) is 25.5 Å². The molecule has 0 fully saturated rings. The molecule has 0 bridgehead atoms. The smallest absolute Gasteiger partial charge is 0.0597 e. The molecule has 2 nitrogen and oxygen atoms in total. The van der Waals surface area contributed by atoms with E-state index in [1.165, 1.54) is 0 Å². The highest BCUT2D eigenvalue weighted by molar-refractivity contribution is 5.94. The fourth-order valence-corrected chi connectivity index (χ4v) is 0.607. The van der Waals surface area contributed by atoms with Crippen molar-refractivity contribution >= 4 is 5.71 Å². The van der Waals surface area contributed by atoms with Crippen LogP contribution in [0.3, 0.4) is 0 Å². The van der Waals surface area contributed by atoms with Crippen LogP contribution in [0.15, 0.2) is 17.8 Å². The molecular formula is C7H14N2. The zero-order valence-corrected chi connectivity index (χ0v) is 6.09. The van der Waals surface area contributed by atoms with E-state index >= 15 is 0 Å². The Morgan fingerprint density at radius 2 is 2.33 bits per heavy atom. The van der Waals surface area contributed by atoms with Crippen LogP contribution in [0.1, 0.15) is 20.3 Å². The molecule has 0 unspecified atom stereocenters. The minimum atomic E-state index is 0.602. The summed E-state index contributed by atoms with van der Waals surface area (Å²) < 4.78 is 0. The lowest BCUT2D eigenvalue weighted by Crippen LogP contribution is -2.02. The first-order valence-electron chi connectivity index (χ1n) is 3.10. The Morgan fingerprint density at radius 3 is 2.44 bits per heavy atom. The Balaban J connectivity index is 3.71. The van der Waals surface area contributed by atoms with Crippen LogP contribution >= 0.6 is 0 Å². The summed E-state index contributed by atoms with van der Waals surface area (Å²) in [6, 6.07) is 0. The number of nitrogens with zero attached hydrogens (tertiary/aromatic N) is 1. The Kier molecular flexibility index (Phi) is 3.76. The number of hydrazone groups is 1. The maximum absolute atomic E-state index is 5.05. The van der Waals surface area contributed by atoms with Crippen LogP contribution < -0.4 is 5.84 Å². The second kappa shape index (κ2) is 4.13. The van der Waals surface area contributed by atoms with E-state index in [1.807, 2.05) is 0 Å². The SMILES string of the molecule is C=C/C(CC(C)C)=N/N. The zero-order chi connectivity index (χ0) is 7.28. The van der Waals surface area contributed by atoms with Crippen molar-refractivity contribution in [2.24, 2.45) is 16.9 Å². The summed E-state index contributed by atoms with van der Waals surface area (Å²) >= 11 is 0. The number of hydrogen-bond acceptors (Lipinski definition) is 2. The quantitative estimate of drug-likeness (QED) is 0.347. The van der Waals surface area contributed by atoms with E-state index < -0.39 is 0 Å². The molecule has 0 radical (unpaired) electrons. The molecule has 2 N–H and O–H groups in total. The molecule has 0 aliphatic carbocycles. The summed E-state index contributed by atoms with van der Waals surface area (Å²) in [6.07, 6.45) is 2.61. The summed E-state index contributed by atoms with van der Waals surface area (Å²) in [6.45, 7) is 7.81. The van der Waals surface area contributed by atoms with E-state index in [1.54, 1.807) is 6.08 Å². The Morgan fingerprint density at radius 1 is 1.78 bits per heavy atom. The highest BCUT2D eigenvalue weighted by Crippen LogP contribution is 2.00. The maximum Gasteiger partial charge on any atom is 0.0597 e. The molecule has 0 saturated heterocycles. The summed E-state index contributed by atoms with van der Waals surface area (Å²) in [5.41, 5.74) is 0.880. The van der Waals surface area contributed by atoms with Gasteiger partial charge in [0.15, 0.2) is 0 Å². The van der Waals surface area contributed by atoms with Crippen LogP contribution in [0, 0.1) is 5.92 Å². The predicted molar refractivity (Wildman–Crippen MR) is 41.3 cm³/mol. The normalized spacial score (nSPS) is 12.1. The first kappa shape index (κ1) is 8.21. The molecule has 2 heteroatoms. The first-order chi connectivity index (χ1) is 4.20. The third-order valence-corrected chi connectivity index (χ3v) is 1.02. The Labute approximate surface area is 56.4 Å². The molecule has 0 aromatic rings. The molecule has 9 heavy (non-hydrogen) atoms. The van der Waals surface area contributed by atoms with Crippen LogP contribution in [0.2, 0.25) is 0 Å². The van der Waals surface area contributed by atoms with Gasteiger partial charge in [-0.3, -0.25) is 0 Å². The van der Waals surface area contributed by atoms with Crippen LogP contribution in [0.4, 0.5) is 0 Å². The summed E-state index contributed by atoms with van der Waals surface area (Å²) in [7, 11) is 0. The Hall–Kier alpha value is -0.790. The standard InChI is InChI=1S/C7H14N2/c1-4-7(9-8)5-6(2)3/h4,6H,1,5,8H2,2-3H3/b9-7-. The molecule has 52 valence electrons. The molecule has 0 heterocycles. The van der Waals surface area contributed by atoms with E-state index in [-0.39, 0.29) is 0 Å². The van der Waals surface area contributed by atoms with E-state index in [4.69, 9.17) is 5.84 Å². The molecule has 0 saturated carbocycles. The van der Waals surface area contributed by atoms with E-state index in [9.17, 15) is 0 Å². The molecule has 0 aromatic carbocycles. The highest BCUT2D eigenvalue weighted by Gasteiger charge is 1.96. The van der Waals surface area contributed by atoms with Crippen molar-refractivity contribution in [2.75, 3.05) is 0 Å². The average molecular weight is 126 g/mol. The molecule has 0 atom stereocenters. The number of rotatable bonds is 3. The van der Waals surface area contributed by atoms with Crippen molar-refractivity contribution < 1.29 is 0 Å². The average Bonchev–Trinajstić information content (AvgIpc) is 1.82. The van der Waals surface area contributed by atoms with Crippen molar-refractivity contribution in [3.8, 4) is 0 Å². The third-order valence-electron chi connectivity index (χ3n) is 1.02. The first-order valence-corrected chi connectivity index (χ1v) is 3.10. The van der Waals surface area contributed by atoms with Gasteiger partial charge < -0.3 is 5.84 Å². The van der Waals surface area contributed by atoms with Gasteiger partial charge >= 0.3 is 0 Å². The van der Waals surface area contributed by atoms with Crippen molar-refractivity contribution in [2.45, 2.75) is 20.3 Å². The van der Waals surface area contributed by atoms with Crippen LogP contribution in [-0.2, 0) is 0 Å². The molecular weight excluding hydrogens is 112 g/mol. The van der Waals surface area contributed by atoms with Gasteiger partial charge in [0.05, 0.1) is 5.71 Å². The topological polar surface area (TPSA) is 38.4 Å². The molecule has 0 rings (SSSR count). The lowest BCUT2D eigenvalue weighted by atomic mass is 10.1. The van der Waals surface area contributed by atoms with Crippen LogP contribution in [0.25, 0.3) is 0 Å². The fraction of sp³-hybridized carbons (Fsp3) is 0.571. The van der Waals surface area contributed by atoms with Gasteiger partial charge in [0, 0.05) is 0 Å². The third kappa shape index (κ3) is 3.76. The lowest BCUT2D eigenvalue weighted by Gasteiger charge is -2.01.